The van der Waals surface area contributed by atoms with E-state index in [1.54, 1.807) is 12.4 Å². The molecule has 27 heavy (non-hydrogen) atoms. The number of aromatic nitrogens is 3. The summed E-state index contributed by atoms with van der Waals surface area (Å²) in [5.74, 6) is 0.419. The summed E-state index contributed by atoms with van der Waals surface area (Å²) < 4.78 is 7.58. The normalized spacial score (nSPS) is 14.5. The molecule has 140 valence electrons. The second-order valence-corrected chi connectivity index (χ2v) is 6.63. The summed E-state index contributed by atoms with van der Waals surface area (Å²) in [4.78, 5) is 23.3. The van der Waals surface area contributed by atoms with Crippen LogP contribution < -0.4 is 10.2 Å². The summed E-state index contributed by atoms with van der Waals surface area (Å²) in [6.45, 7) is 8.02. The van der Waals surface area contributed by atoms with Crippen molar-refractivity contribution in [1.29, 1.82) is 0 Å². The number of hydrogen-bond acceptors (Lipinski definition) is 5. The zero-order valence-corrected chi connectivity index (χ0v) is 15.6. The number of anilines is 2. The predicted octanol–water partition coefficient (Wildman–Crippen LogP) is 2.85. The molecule has 0 saturated carbocycles. The molecule has 2 aromatic heterocycles. The molecule has 1 aromatic carbocycles. The first-order valence-corrected chi connectivity index (χ1v) is 9.21. The quantitative estimate of drug-likeness (QED) is 0.770. The highest BCUT2D eigenvalue weighted by atomic mass is 16.5. The number of amides is 1. The molecule has 1 aliphatic heterocycles. The van der Waals surface area contributed by atoms with Crippen LogP contribution in [0.2, 0.25) is 0 Å². The van der Waals surface area contributed by atoms with Crippen LogP contribution in [0.1, 0.15) is 23.0 Å². The van der Waals surface area contributed by atoms with Gasteiger partial charge in [0.2, 0.25) is 5.95 Å². The molecule has 3 aromatic rings. The Morgan fingerprint density at radius 2 is 1.93 bits per heavy atom. The smallest absolute Gasteiger partial charge is 0.258 e. The minimum absolute atomic E-state index is 0.213. The van der Waals surface area contributed by atoms with Gasteiger partial charge in [-0.25, -0.2) is 9.97 Å². The summed E-state index contributed by atoms with van der Waals surface area (Å²) in [5.41, 5.74) is 3.58. The molecule has 1 fully saturated rings. The van der Waals surface area contributed by atoms with E-state index in [1.165, 1.54) is 11.2 Å². The first-order chi connectivity index (χ1) is 13.2. The highest BCUT2D eigenvalue weighted by Gasteiger charge is 2.15. The molecular weight excluding hydrogens is 342 g/mol. The fraction of sp³-hybridized carbons (Fsp3) is 0.350. The summed E-state index contributed by atoms with van der Waals surface area (Å²) in [7, 11) is 0. The third kappa shape index (κ3) is 3.50. The lowest BCUT2D eigenvalue weighted by Gasteiger charge is -2.26. The second-order valence-electron chi connectivity index (χ2n) is 6.63. The average molecular weight is 365 g/mol. The fourth-order valence-corrected chi connectivity index (χ4v) is 3.47. The Morgan fingerprint density at radius 3 is 2.63 bits per heavy atom. The van der Waals surface area contributed by atoms with Gasteiger partial charge in [-0.05, 0) is 38.1 Å². The minimum atomic E-state index is -0.213. The van der Waals surface area contributed by atoms with Crippen molar-refractivity contribution in [3.8, 4) is 0 Å². The van der Waals surface area contributed by atoms with Gasteiger partial charge in [-0.1, -0.05) is 0 Å². The van der Waals surface area contributed by atoms with Crippen LogP contribution in [0, 0.1) is 6.92 Å². The van der Waals surface area contributed by atoms with E-state index in [-0.39, 0.29) is 5.91 Å². The number of carbonyl (C=O) groups is 1. The molecule has 1 aliphatic rings. The van der Waals surface area contributed by atoms with Crippen molar-refractivity contribution >= 4 is 28.4 Å². The van der Waals surface area contributed by atoms with Crippen LogP contribution in [0.5, 0.6) is 0 Å². The van der Waals surface area contributed by atoms with Gasteiger partial charge < -0.3 is 19.5 Å². The van der Waals surface area contributed by atoms with Crippen LogP contribution in [0.4, 0.5) is 11.6 Å². The van der Waals surface area contributed by atoms with Crippen LogP contribution >= 0.6 is 0 Å². The molecular formula is C20H23N5O2. The van der Waals surface area contributed by atoms with Crippen molar-refractivity contribution in [2.75, 3.05) is 36.5 Å². The maximum absolute atomic E-state index is 12.5. The molecule has 7 nitrogen and oxygen atoms in total. The Hall–Kier alpha value is -2.93. The number of benzene rings is 1. The first kappa shape index (κ1) is 17.5. The lowest BCUT2D eigenvalue weighted by molar-refractivity contribution is 0.102. The number of morpholine rings is 1. The molecule has 0 atom stereocenters. The van der Waals surface area contributed by atoms with Crippen molar-refractivity contribution in [3.63, 3.8) is 0 Å². The summed E-state index contributed by atoms with van der Waals surface area (Å²) in [6.07, 6.45) is 3.15. The second kappa shape index (κ2) is 7.36. The Balaban J connectivity index is 1.49. The Bertz CT molecular complexity index is 958. The van der Waals surface area contributed by atoms with Gasteiger partial charge in [-0.15, -0.1) is 0 Å². The highest BCUT2D eigenvalue weighted by molar-refractivity contribution is 6.04. The highest BCUT2D eigenvalue weighted by Crippen LogP contribution is 2.23. The van der Waals surface area contributed by atoms with Crippen molar-refractivity contribution < 1.29 is 9.53 Å². The van der Waals surface area contributed by atoms with Gasteiger partial charge >= 0.3 is 0 Å². The van der Waals surface area contributed by atoms with Crippen LogP contribution in [0.15, 0.2) is 36.7 Å². The van der Waals surface area contributed by atoms with Crippen molar-refractivity contribution in [3.05, 3.63) is 47.9 Å². The lowest BCUT2D eigenvalue weighted by atomic mass is 10.2. The molecule has 0 aliphatic carbocycles. The van der Waals surface area contributed by atoms with Crippen LogP contribution in [0.3, 0.4) is 0 Å². The van der Waals surface area contributed by atoms with Crippen molar-refractivity contribution in [2.24, 2.45) is 0 Å². The van der Waals surface area contributed by atoms with Gasteiger partial charge in [0.05, 0.1) is 18.8 Å². The zero-order chi connectivity index (χ0) is 18.8. The summed E-state index contributed by atoms with van der Waals surface area (Å²) in [5, 5.41) is 4.05. The van der Waals surface area contributed by atoms with Gasteiger partial charge in [-0.2, -0.15) is 0 Å². The molecule has 1 N–H and O–H groups in total. The Kier molecular flexibility index (Phi) is 4.77. The molecule has 7 heteroatoms. The Labute approximate surface area is 158 Å². The third-order valence-electron chi connectivity index (χ3n) is 4.88. The molecule has 0 bridgehead atoms. The van der Waals surface area contributed by atoms with Gasteiger partial charge in [0, 0.05) is 54.3 Å². The van der Waals surface area contributed by atoms with E-state index in [9.17, 15) is 4.79 Å². The molecule has 1 amide bonds. The summed E-state index contributed by atoms with van der Waals surface area (Å²) >= 11 is 0. The van der Waals surface area contributed by atoms with Crippen molar-refractivity contribution in [2.45, 2.75) is 20.4 Å². The van der Waals surface area contributed by atoms with Gasteiger partial charge in [0.1, 0.15) is 0 Å². The molecule has 3 heterocycles. The van der Waals surface area contributed by atoms with Gasteiger partial charge in [0.25, 0.3) is 5.91 Å². The SMILES string of the molecule is CCn1c(C)cc2cc(NC(=O)c3cnc(N4CCOCC4)nc3)ccc21. The number of nitrogens with zero attached hydrogens (tertiary/aromatic N) is 4. The lowest BCUT2D eigenvalue weighted by Crippen LogP contribution is -2.37. The monoisotopic (exact) mass is 365 g/mol. The Morgan fingerprint density at radius 1 is 1.19 bits per heavy atom. The van der Waals surface area contributed by atoms with E-state index >= 15 is 0 Å². The maximum atomic E-state index is 12.5. The third-order valence-corrected chi connectivity index (χ3v) is 4.88. The number of carbonyl (C=O) groups excluding carboxylic acids is 1. The first-order valence-electron chi connectivity index (χ1n) is 9.21. The maximum Gasteiger partial charge on any atom is 0.258 e. The van der Waals surface area contributed by atoms with E-state index < -0.39 is 0 Å². The number of ether oxygens (including phenoxy) is 1. The largest absolute Gasteiger partial charge is 0.378 e. The topological polar surface area (TPSA) is 72.3 Å². The molecule has 4 rings (SSSR count). The van der Waals surface area contributed by atoms with E-state index in [4.69, 9.17) is 4.74 Å². The van der Waals surface area contributed by atoms with Crippen molar-refractivity contribution in [1.82, 2.24) is 14.5 Å². The van der Waals surface area contributed by atoms with Gasteiger partial charge in [-0.3, -0.25) is 4.79 Å². The number of rotatable bonds is 4. The van der Waals surface area contributed by atoms with Crippen LogP contribution in [-0.4, -0.2) is 46.7 Å². The average Bonchev–Trinajstić information content (AvgIpc) is 3.03. The van der Waals surface area contributed by atoms with E-state index in [2.05, 4.69) is 44.7 Å². The molecule has 0 radical (unpaired) electrons. The van der Waals surface area contributed by atoms with E-state index in [1.807, 2.05) is 18.2 Å². The predicted molar refractivity (Wildman–Crippen MR) is 105 cm³/mol. The molecule has 0 unspecified atom stereocenters. The zero-order valence-electron chi connectivity index (χ0n) is 15.6. The van der Waals surface area contributed by atoms with Crippen LogP contribution in [0.25, 0.3) is 10.9 Å². The standard InChI is InChI=1S/C20H23N5O2/c1-3-25-14(2)10-15-11-17(4-5-18(15)25)23-19(26)16-12-21-20(22-13-16)24-6-8-27-9-7-24/h4-5,10-13H,3,6-9H2,1-2H3,(H,23,26). The fourth-order valence-electron chi connectivity index (χ4n) is 3.47. The number of hydrogen-bond donors (Lipinski definition) is 1. The number of aryl methyl sites for hydroxylation is 2. The molecule has 1 saturated heterocycles. The minimum Gasteiger partial charge on any atom is -0.378 e. The van der Waals surface area contributed by atoms with Gasteiger partial charge in [0.15, 0.2) is 0 Å². The number of fused-ring (bicyclic) bond motifs is 1. The number of nitrogens with one attached hydrogen (secondary N) is 1. The summed E-state index contributed by atoms with van der Waals surface area (Å²) in [6, 6.07) is 8.10. The molecule has 0 spiro atoms. The van der Waals surface area contributed by atoms with Crippen LogP contribution in [-0.2, 0) is 11.3 Å². The van der Waals surface area contributed by atoms with E-state index in [0.717, 1.165) is 30.7 Å². The van der Waals surface area contributed by atoms with E-state index in [0.29, 0.717) is 24.7 Å².